The van der Waals surface area contributed by atoms with Gasteiger partial charge in [0.05, 0.1) is 0 Å². The van der Waals surface area contributed by atoms with Crippen LogP contribution in [0, 0.1) is 6.92 Å². The normalized spacial score (nSPS) is 10.6. The summed E-state index contributed by atoms with van der Waals surface area (Å²) in [4.78, 5) is 16.3. The average molecular weight is 356 g/mol. The Labute approximate surface area is 151 Å². The average Bonchev–Trinajstić information content (AvgIpc) is 3.09. The maximum Gasteiger partial charge on any atom is 0.227 e. The maximum atomic E-state index is 11.9. The number of aryl methyl sites for hydroxylation is 2. The van der Waals surface area contributed by atoms with Crippen molar-refractivity contribution in [1.82, 2.24) is 15.5 Å². The Morgan fingerprint density at radius 2 is 1.84 bits per heavy atom. The summed E-state index contributed by atoms with van der Waals surface area (Å²) in [5, 5.41) is 7.50. The molecule has 3 aromatic rings. The van der Waals surface area contributed by atoms with Crippen molar-refractivity contribution in [3.63, 3.8) is 0 Å². The molecule has 0 aliphatic carbocycles. The molecule has 0 unspecified atom stereocenters. The van der Waals surface area contributed by atoms with Gasteiger partial charge < -0.3 is 9.84 Å². The Hall–Kier alpha value is -2.66. The highest BCUT2D eigenvalue weighted by atomic mass is 35.5. The molecular formula is C19H18ClN3O2. The van der Waals surface area contributed by atoms with Gasteiger partial charge in [-0.2, -0.15) is 4.98 Å². The quantitative estimate of drug-likeness (QED) is 0.727. The van der Waals surface area contributed by atoms with Gasteiger partial charge in [-0.3, -0.25) is 4.79 Å². The number of hydrogen-bond donors (Lipinski definition) is 1. The van der Waals surface area contributed by atoms with E-state index in [4.69, 9.17) is 16.1 Å². The molecule has 0 spiro atoms. The number of carbonyl (C=O) groups is 1. The first kappa shape index (κ1) is 17.2. The van der Waals surface area contributed by atoms with E-state index in [9.17, 15) is 4.79 Å². The van der Waals surface area contributed by atoms with Gasteiger partial charge in [-0.25, -0.2) is 0 Å². The van der Waals surface area contributed by atoms with E-state index < -0.39 is 0 Å². The van der Waals surface area contributed by atoms with Crippen LogP contribution in [-0.2, 0) is 17.8 Å². The van der Waals surface area contributed by atoms with Gasteiger partial charge in [0.1, 0.15) is 0 Å². The minimum atomic E-state index is -0.0648. The van der Waals surface area contributed by atoms with Crippen LogP contribution >= 0.6 is 11.6 Å². The molecule has 6 heteroatoms. The summed E-state index contributed by atoms with van der Waals surface area (Å²) in [6.07, 6.45) is 0.703. The first-order chi connectivity index (χ1) is 12.1. The number of nitrogens with one attached hydrogen (secondary N) is 1. The van der Waals surface area contributed by atoms with E-state index >= 15 is 0 Å². The lowest BCUT2D eigenvalue weighted by Crippen LogP contribution is -2.23. The second kappa shape index (κ2) is 7.94. The molecule has 0 fully saturated rings. The molecule has 25 heavy (non-hydrogen) atoms. The van der Waals surface area contributed by atoms with Crippen LogP contribution in [0.1, 0.15) is 23.4 Å². The molecule has 1 N–H and O–H groups in total. The van der Waals surface area contributed by atoms with Crippen LogP contribution in [0.3, 0.4) is 0 Å². The van der Waals surface area contributed by atoms with E-state index in [0.29, 0.717) is 36.1 Å². The number of hydrogen-bond acceptors (Lipinski definition) is 4. The molecule has 1 aromatic heterocycles. The van der Waals surface area contributed by atoms with Gasteiger partial charge in [0.25, 0.3) is 0 Å². The Morgan fingerprint density at radius 3 is 2.56 bits per heavy atom. The first-order valence-electron chi connectivity index (χ1n) is 8.01. The number of aromatic nitrogens is 2. The third-order valence-corrected chi connectivity index (χ3v) is 4.00. The van der Waals surface area contributed by atoms with Gasteiger partial charge >= 0.3 is 0 Å². The monoisotopic (exact) mass is 355 g/mol. The molecule has 0 atom stereocenters. The lowest BCUT2D eigenvalue weighted by atomic mass is 10.1. The number of halogens is 1. The van der Waals surface area contributed by atoms with Crippen LogP contribution in [0.2, 0.25) is 5.02 Å². The third-order valence-electron chi connectivity index (χ3n) is 3.75. The lowest BCUT2D eigenvalue weighted by Gasteiger charge is -2.04. The molecule has 1 amide bonds. The molecule has 2 aromatic carbocycles. The first-order valence-corrected chi connectivity index (χ1v) is 8.39. The Kier molecular flexibility index (Phi) is 5.46. The number of benzene rings is 2. The largest absolute Gasteiger partial charge is 0.352 e. The molecule has 0 bridgehead atoms. The highest BCUT2D eigenvalue weighted by Crippen LogP contribution is 2.16. The van der Waals surface area contributed by atoms with E-state index in [-0.39, 0.29) is 5.91 Å². The summed E-state index contributed by atoms with van der Waals surface area (Å²) < 4.78 is 5.22. The molecule has 0 aliphatic rings. The van der Waals surface area contributed by atoms with Crippen LogP contribution in [0.5, 0.6) is 0 Å². The molecule has 3 rings (SSSR count). The lowest BCUT2D eigenvalue weighted by molar-refractivity contribution is -0.121. The molecule has 5 nitrogen and oxygen atoms in total. The SMILES string of the molecule is Cc1ccc(-c2noc(CCC(=O)NCc3ccc(Cl)cc3)n2)cc1. The van der Waals surface area contributed by atoms with E-state index in [1.807, 2.05) is 43.3 Å². The molecule has 0 aliphatic heterocycles. The molecule has 0 saturated heterocycles. The van der Waals surface area contributed by atoms with Crippen molar-refractivity contribution in [2.24, 2.45) is 0 Å². The molecular weight excluding hydrogens is 338 g/mol. The summed E-state index contributed by atoms with van der Waals surface area (Å²) in [5.41, 5.74) is 3.06. The van der Waals surface area contributed by atoms with E-state index in [0.717, 1.165) is 11.1 Å². The zero-order valence-electron chi connectivity index (χ0n) is 13.8. The Balaban J connectivity index is 1.49. The summed E-state index contributed by atoms with van der Waals surface area (Å²) in [6, 6.07) is 15.3. The van der Waals surface area contributed by atoms with Gasteiger partial charge in [0, 0.05) is 30.0 Å². The van der Waals surface area contributed by atoms with Crippen LogP contribution in [0.15, 0.2) is 53.1 Å². The van der Waals surface area contributed by atoms with Crippen molar-refractivity contribution < 1.29 is 9.32 Å². The van der Waals surface area contributed by atoms with Crippen molar-refractivity contribution in [2.45, 2.75) is 26.3 Å². The fraction of sp³-hybridized carbons (Fsp3) is 0.211. The zero-order chi connectivity index (χ0) is 17.6. The van der Waals surface area contributed by atoms with E-state index in [1.165, 1.54) is 5.56 Å². The van der Waals surface area contributed by atoms with Crippen molar-refractivity contribution in [1.29, 1.82) is 0 Å². The Bertz CT molecular complexity index is 842. The van der Waals surface area contributed by atoms with Crippen LogP contribution in [-0.4, -0.2) is 16.0 Å². The van der Waals surface area contributed by atoms with E-state index in [1.54, 1.807) is 12.1 Å². The van der Waals surface area contributed by atoms with Crippen LogP contribution < -0.4 is 5.32 Å². The second-order valence-corrected chi connectivity index (χ2v) is 6.22. The zero-order valence-corrected chi connectivity index (χ0v) is 14.6. The summed E-state index contributed by atoms with van der Waals surface area (Å²) >= 11 is 5.84. The fourth-order valence-corrected chi connectivity index (χ4v) is 2.41. The van der Waals surface area contributed by atoms with Gasteiger partial charge in [-0.15, -0.1) is 0 Å². The summed E-state index contributed by atoms with van der Waals surface area (Å²) in [5.74, 6) is 0.929. The maximum absolute atomic E-state index is 11.9. The smallest absolute Gasteiger partial charge is 0.227 e. The van der Waals surface area contributed by atoms with Crippen LogP contribution in [0.4, 0.5) is 0 Å². The predicted molar refractivity (Wildman–Crippen MR) is 96.1 cm³/mol. The topological polar surface area (TPSA) is 68.0 Å². The minimum Gasteiger partial charge on any atom is -0.352 e. The minimum absolute atomic E-state index is 0.0648. The van der Waals surface area contributed by atoms with Gasteiger partial charge in [-0.1, -0.05) is 58.7 Å². The fourth-order valence-electron chi connectivity index (χ4n) is 2.29. The van der Waals surface area contributed by atoms with Gasteiger partial charge in [0.2, 0.25) is 17.6 Å². The number of nitrogens with zero attached hydrogens (tertiary/aromatic N) is 2. The Morgan fingerprint density at radius 1 is 1.12 bits per heavy atom. The van der Waals surface area contributed by atoms with Gasteiger partial charge in [-0.05, 0) is 24.6 Å². The third kappa shape index (κ3) is 4.90. The number of rotatable bonds is 6. The van der Waals surface area contributed by atoms with Crippen molar-refractivity contribution in [2.75, 3.05) is 0 Å². The second-order valence-electron chi connectivity index (χ2n) is 5.78. The molecule has 0 saturated carbocycles. The van der Waals surface area contributed by atoms with Crippen LogP contribution in [0.25, 0.3) is 11.4 Å². The number of amides is 1. The van der Waals surface area contributed by atoms with Crippen molar-refractivity contribution in [3.8, 4) is 11.4 Å². The standard InChI is InChI=1S/C19H18ClN3O2/c1-13-2-6-15(7-3-13)19-22-18(25-23-19)11-10-17(24)21-12-14-4-8-16(20)9-5-14/h2-9H,10-12H2,1H3,(H,21,24). The number of carbonyl (C=O) groups excluding carboxylic acids is 1. The highest BCUT2D eigenvalue weighted by molar-refractivity contribution is 6.30. The summed E-state index contributed by atoms with van der Waals surface area (Å²) in [7, 11) is 0. The highest BCUT2D eigenvalue weighted by Gasteiger charge is 2.10. The molecule has 128 valence electrons. The molecule has 1 heterocycles. The predicted octanol–water partition coefficient (Wildman–Crippen LogP) is 3.95. The van der Waals surface area contributed by atoms with Gasteiger partial charge in [0.15, 0.2) is 0 Å². The van der Waals surface area contributed by atoms with Crippen molar-refractivity contribution in [3.05, 3.63) is 70.6 Å². The molecule has 0 radical (unpaired) electrons. The van der Waals surface area contributed by atoms with Crippen molar-refractivity contribution >= 4 is 17.5 Å². The summed E-state index contributed by atoms with van der Waals surface area (Å²) in [6.45, 7) is 2.49. The van der Waals surface area contributed by atoms with E-state index in [2.05, 4.69) is 15.5 Å².